The molecule has 3 amide bonds. The number of nitrogens with one attached hydrogen (secondary N) is 2. The Bertz CT molecular complexity index is 836. The van der Waals surface area contributed by atoms with Crippen molar-refractivity contribution in [3.63, 3.8) is 0 Å². The number of fused-ring (bicyclic) bond motifs is 1. The first-order chi connectivity index (χ1) is 12.5. The Morgan fingerprint density at radius 3 is 2.58 bits per heavy atom. The molecule has 0 unspecified atom stereocenters. The molecular weight excluding hydrogens is 337 g/mol. The van der Waals surface area contributed by atoms with Gasteiger partial charge in [0.25, 0.3) is 0 Å². The summed E-state index contributed by atoms with van der Waals surface area (Å²) in [5.41, 5.74) is 1.98. The summed E-state index contributed by atoms with van der Waals surface area (Å²) in [7, 11) is 0. The van der Waals surface area contributed by atoms with E-state index in [1.165, 1.54) is 17.0 Å². The second-order valence-corrected chi connectivity index (χ2v) is 5.95. The number of amides is 3. The van der Waals surface area contributed by atoms with Crippen molar-refractivity contribution in [3.8, 4) is 0 Å². The van der Waals surface area contributed by atoms with Crippen LogP contribution in [-0.4, -0.2) is 24.3 Å². The zero-order chi connectivity index (χ0) is 18.5. The predicted octanol–water partition coefficient (Wildman–Crippen LogP) is 2.21. The largest absolute Gasteiger partial charge is 0.352 e. The zero-order valence-electron chi connectivity index (χ0n) is 14.0. The maximum atomic E-state index is 12.8. The van der Waals surface area contributed by atoms with Gasteiger partial charge in [-0.3, -0.25) is 14.4 Å². The second-order valence-electron chi connectivity index (χ2n) is 5.95. The fourth-order valence-corrected chi connectivity index (χ4v) is 2.70. The molecule has 0 spiro atoms. The van der Waals surface area contributed by atoms with Crippen molar-refractivity contribution in [2.75, 3.05) is 16.8 Å². The highest BCUT2D eigenvalue weighted by Crippen LogP contribution is 2.29. The van der Waals surface area contributed by atoms with Crippen molar-refractivity contribution in [1.29, 1.82) is 0 Å². The molecule has 2 aromatic carbocycles. The lowest BCUT2D eigenvalue weighted by molar-refractivity contribution is -0.125. The van der Waals surface area contributed by atoms with Crippen LogP contribution < -0.4 is 15.5 Å². The van der Waals surface area contributed by atoms with Crippen LogP contribution in [0.5, 0.6) is 0 Å². The zero-order valence-corrected chi connectivity index (χ0v) is 14.0. The van der Waals surface area contributed by atoms with E-state index < -0.39 is 0 Å². The molecule has 2 aromatic rings. The molecule has 0 atom stereocenters. The number of hydrogen-bond acceptors (Lipinski definition) is 3. The number of anilines is 2. The fraction of sp³-hybridized carbons (Fsp3) is 0.211. The highest BCUT2D eigenvalue weighted by atomic mass is 19.1. The van der Waals surface area contributed by atoms with Crippen LogP contribution in [0.4, 0.5) is 15.8 Å². The molecule has 1 aliphatic rings. The van der Waals surface area contributed by atoms with Crippen molar-refractivity contribution in [2.24, 2.45) is 0 Å². The van der Waals surface area contributed by atoms with Crippen LogP contribution in [0, 0.1) is 5.82 Å². The molecule has 2 N–H and O–H groups in total. The molecule has 6 nitrogen and oxygen atoms in total. The molecule has 26 heavy (non-hydrogen) atoms. The van der Waals surface area contributed by atoms with Crippen LogP contribution in [0.1, 0.15) is 18.4 Å². The van der Waals surface area contributed by atoms with Gasteiger partial charge >= 0.3 is 0 Å². The van der Waals surface area contributed by atoms with Crippen molar-refractivity contribution in [1.82, 2.24) is 5.32 Å². The third-order valence-corrected chi connectivity index (χ3v) is 4.04. The van der Waals surface area contributed by atoms with Crippen LogP contribution in [-0.2, 0) is 20.9 Å². The maximum absolute atomic E-state index is 12.8. The van der Waals surface area contributed by atoms with Gasteiger partial charge in [-0.1, -0.05) is 24.3 Å². The Morgan fingerprint density at radius 2 is 1.81 bits per heavy atom. The summed E-state index contributed by atoms with van der Waals surface area (Å²) in [6, 6.07) is 12.9. The normalized spacial score (nSPS) is 13.0. The molecule has 7 heteroatoms. The minimum absolute atomic E-state index is 0.00311. The van der Waals surface area contributed by atoms with Crippen molar-refractivity contribution in [3.05, 3.63) is 59.9 Å². The first-order valence-electron chi connectivity index (χ1n) is 8.23. The van der Waals surface area contributed by atoms with Gasteiger partial charge in [0.05, 0.1) is 11.4 Å². The molecule has 0 aromatic heterocycles. The minimum atomic E-state index is -0.337. The first-order valence-corrected chi connectivity index (χ1v) is 8.23. The van der Waals surface area contributed by atoms with E-state index in [4.69, 9.17) is 0 Å². The minimum Gasteiger partial charge on any atom is -0.352 e. The van der Waals surface area contributed by atoms with E-state index in [2.05, 4.69) is 10.6 Å². The molecule has 0 radical (unpaired) electrons. The first kappa shape index (κ1) is 17.6. The molecule has 0 aliphatic carbocycles. The number of nitrogens with zero attached hydrogens (tertiary/aromatic N) is 1. The number of halogens is 1. The van der Waals surface area contributed by atoms with E-state index in [0.29, 0.717) is 11.4 Å². The van der Waals surface area contributed by atoms with Crippen molar-refractivity contribution >= 4 is 29.1 Å². The predicted molar refractivity (Wildman–Crippen MR) is 94.9 cm³/mol. The van der Waals surface area contributed by atoms with Gasteiger partial charge in [0.2, 0.25) is 17.7 Å². The van der Waals surface area contributed by atoms with Gasteiger partial charge in [-0.05, 0) is 29.8 Å². The van der Waals surface area contributed by atoms with E-state index in [1.54, 1.807) is 36.4 Å². The van der Waals surface area contributed by atoms with E-state index in [1.807, 2.05) is 0 Å². The number of benzene rings is 2. The standard InChI is InChI=1S/C19H18FN3O3/c20-14-7-5-13(6-8-14)11-21-17(24)9-10-19(26)23-12-18(25)22-15-3-1-2-4-16(15)23/h1-8H,9-12H2,(H,21,24)(H,22,25). The lowest BCUT2D eigenvalue weighted by Crippen LogP contribution is -2.42. The summed E-state index contributed by atoms with van der Waals surface area (Å²) in [6.45, 7) is 0.204. The van der Waals surface area contributed by atoms with E-state index in [-0.39, 0.29) is 49.5 Å². The second kappa shape index (κ2) is 7.77. The highest BCUT2D eigenvalue weighted by molar-refractivity contribution is 6.10. The van der Waals surface area contributed by atoms with Crippen LogP contribution in [0.15, 0.2) is 48.5 Å². The fourth-order valence-electron chi connectivity index (χ4n) is 2.70. The van der Waals surface area contributed by atoms with Crippen molar-refractivity contribution in [2.45, 2.75) is 19.4 Å². The molecule has 0 fully saturated rings. The molecule has 1 aliphatic heterocycles. The Hall–Kier alpha value is -3.22. The van der Waals surface area contributed by atoms with Gasteiger partial charge in [0.1, 0.15) is 12.4 Å². The monoisotopic (exact) mass is 355 g/mol. The van der Waals surface area contributed by atoms with Gasteiger partial charge in [0.15, 0.2) is 0 Å². The van der Waals surface area contributed by atoms with Gasteiger partial charge in [-0.2, -0.15) is 0 Å². The van der Waals surface area contributed by atoms with Crippen LogP contribution in [0.25, 0.3) is 0 Å². The van der Waals surface area contributed by atoms with Crippen LogP contribution in [0.2, 0.25) is 0 Å². The Labute approximate surface area is 150 Å². The van der Waals surface area contributed by atoms with E-state index in [0.717, 1.165) is 5.56 Å². The van der Waals surface area contributed by atoms with E-state index in [9.17, 15) is 18.8 Å². The third kappa shape index (κ3) is 4.24. The Kier molecular flexibility index (Phi) is 5.26. The number of hydrogen-bond donors (Lipinski definition) is 2. The van der Waals surface area contributed by atoms with Crippen molar-refractivity contribution < 1.29 is 18.8 Å². The lowest BCUT2D eigenvalue weighted by atomic mass is 10.1. The van der Waals surface area contributed by atoms with Gasteiger partial charge in [-0.15, -0.1) is 0 Å². The summed E-state index contributed by atoms with van der Waals surface area (Å²) in [5, 5.41) is 5.41. The summed E-state index contributed by atoms with van der Waals surface area (Å²) in [5.74, 6) is -1.17. The molecule has 0 bridgehead atoms. The van der Waals surface area contributed by atoms with Gasteiger partial charge in [-0.25, -0.2) is 4.39 Å². The average Bonchev–Trinajstić information content (AvgIpc) is 2.65. The number of carbonyl (C=O) groups excluding carboxylic acids is 3. The topological polar surface area (TPSA) is 78.5 Å². The molecule has 134 valence electrons. The molecule has 3 rings (SSSR count). The number of rotatable bonds is 5. The van der Waals surface area contributed by atoms with Crippen LogP contribution >= 0.6 is 0 Å². The van der Waals surface area contributed by atoms with Gasteiger partial charge in [0, 0.05) is 19.4 Å². The highest BCUT2D eigenvalue weighted by Gasteiger charge is 2.26. The lowest BCUT2D eigenvalue weighted by Gasteiger charge is -2.29. The molecule has 0 saturated heterocycles. The number of para-hydroxylation sites is 2. The number of carbonyl (C=O) groups is 3. The summed E-state index contributed by atoms with van der Waals surface area (Å²) < 4.78 is 12.8. The average molecular weight is 355 g/mol. The van der Waals surface area contributed by atoms with Crippen LogP contribution in [0.3, 0.4) is 0 Å². The third-order valence-electron chi connectivity index (χ3n) is 4.04. The quantitative estimate of drug-likeness (QED) is 0.863. The Morgan fingerprint density at radius 1 is 1.08 bits per heavy atom. The molecule has 1 heterocycles. The van der Waals surface area contributed by atoms with Gasteiger partial charge < -0.3 is 15.5 Å². The molecular formula is C19H18FN3O3. The SMILES string of the molecule is O=C(CCC(=O)N1CC(=O)Nc2ccccc21)NCc1ccc(F)cc1. The Balaban J connectivity index is 1.53. The smallest absolute Gasteiger partial charge is 0.244 e. The summed E-state index contributed by atoms with van der Waals surface area (Å²) in [6.07, 6.45) is 0.0111. The summed E-state index contributed by atoms with van der Waals surface area (Å²) in [4.78, 5) is 37.5. The van der Waals surface area contributed by atoms with E-state index >= 15 is 0 Å². The molecule has 0 saturated carbocycles. The maximum Gasteiger partial charge on any atom is 0.244 e. The summed E-state index contributed by atoms with van der Waals surface area (Å²) >= 11 is 0.